The Labute approximate surface area is 215 Å². The number of nitrogens with zero attached hydrogens (tertiary/aromatic N) is 2. The van der Waals surface area contributed by atoms with Crippen LogP contribution in [-0.4, -0.2) is 22.2 Å². The number of amides is 1. The number of aromatic nitrogens is 1. The number of aliphatic hydroxyl groups is 1. The van der Waals surface area contributed by atoms with Crippen LogP contribution in [0.3, 0.4) is 0 Å². The smallest absolute Gasteiger partial charge is 0.244 e. The first kappa shape index (κ1) is 22.6. The lowest BCUT2D eigenvalue weighted by Gasteiger charge is -2.27. The maximum atomic E-state index is 14.4. The van der Waals surface area contributed by atoms with Crippen LogP contribution in [0.2, 0.25) is 5.02 Å². The Bertz CT molecular complexity index is 1560. The van der Waals surface area contributed by atoms with Crippen molar-refractivity contribution in [2.24, 2.45) is 0 Å². The standard InChI is InChI=1S/C31H25ClN2O2/c32-24-15-16-26-29(17-24)34(19-23-11-5-2-6-12-23)30(36)31(26,21-35)27-20-33(18-22-9-3-1-4-10-22)28-14-8-7-13-25(27)28/h1-17,20,35H,18-19,21H2/t31-/m0/s1. The molecular formula is C31H25ClN2O2. The van der Waals surface area contributed by atoms with Gasteiger partial charge in [-0.2, -0.15) is 0 Å². The van der Waals surface area contributed by atoms with Crippen LogP contribution in [0.1, 0.15) is 22.3 Å². The van der Waals surface area contributed by atoms with Crippen LogP contribution in [0.15, 0.2) is 109 Å². The number of para-hydroxylation sites is 1. The highest BCUT2D eigenvalue weighted by atomic mass is 35.5. The average Bonchev–Trinajstić information content (AvgIpc) is 3.38. The summed E-state index contributed by atoms with van der Waals surface area (Å²) in [7, 11) is 0. The van der Waals surface area contributed by atoms with E-state index in [4.69, 9.17) is 11.6 Å². The zero-order valence-corrected chi connectivity index (χ0v) is 20.4. The van der Waals surface area contributed by atoms with Gasteiger partial charge in [-0.25, -0.2) is 0 Å². The zero-order valence-electron chi connectivity index (χ0n) is 19.6. The SMILES string of the molecule is O=C1N(Cc2ccccc2)c2cc(Cl)ccc2[C@@]1(CO)c1cn(Cc2ccccc2)c2ccccc12. The van der Waals surface area contributed by atoms with Crippen LogP contribution >= 0.6 is 11.6 Å². The molecule has 1 aliphatic heterocycles. The Hall–Kier alpha value is -3.86. The number of carbonyl (C=O) groups excluding carboxylic acids is 1. The Morgan fingerprint density at radius 2 is 1.39 bits per heavy atom. The van der Waals surface area contributed by atoms with Gasteiger partial charge in [0.05, 0.1) is 18.8 Å². The highest BCUT2D eigenvalue weighted by molar-refractivity contribution is 6.31. The summed E-state index contributed by atoms with van der Waals surface area (Å²) in [5, 5.41) is 12.5. The quantitative estimate of drug-likeness (QED) is 0.308. The fraction of sp³-hybridized carbons (Fsp3) is 0.129. The molecule has 1 N–H and O–H groups in total. The van der Waals surface area contributed by atoms with Gasteiger partial charge in [-0.15, -0.1) is 0 Å². The van der Waals surface area contributed by atoms with E-state index in [-0.39, 0.29) is 12.5 Å². The summed E-state index contributed by atoms with van der Waals surface area (Å²) in [4.78, 5) is 16.1. The van der Waals surface area contributed by atoms with E-state index in [1.54, 1.807) is 11.0 Å². The first-order valence-electron chi connectivity index (χ1n) is 12.0. The van der Waals surface area contributed by atoms with Gasteiger partial charge in [0.15, 0.2) is 0 Å². The van der Waals surface area contributed by atoms with Crippen LogP contribution in [0, 0.1) is 0 Å². The molecule has 36 heavy (non-hydrogen) atoms. The first-order chi connectivity index (χ1) is 17.6. The van der Waals surface area contributed by atoms with Crippen LogP contribution < -0.4 is 4.90 Å². The number of anilines is 1. The van der Waals surface area contributed by atoms with Crippen molar-refractivity contribution in [2.75, 3.05) is 11.5 Å². The van der Waals surface area contributed by atoms with E-state index in [0.717, 1.165) is 33.3 Å². The monoisotopic (exact) mass is 492 g/mol. The van der Waals surface area contributed by atoms with Crippen LogP contribution in [0.25, 0.3) is 10.9 Å². The van der Waals surface area contributed by atoms with Crippen molar-refractivity contribution in [3.05, 3.63) is 137 Å². The molecule has 0 saturated heterocycles. The largest absolute Gasteiger partial charge is 0.395 e. The minimum atomic E-state index is -1.23. The van der Waals surface area contributed by atoms with E-state index < -0.39 is 5.41 Å². The van der Waals surface area contributed by atoms with Gasteiger partial charge in [-0.1, -0.05) is 96.5 Å². The van der Waals surface area contributed by atoms with E-state index in [1.165, 1.54) is 5.56 Å². The summed E-state index contributed by atoms with van der Waals surface area (Å²) in [6, 6.07) is 33.7. The Balaban J connectivity index is 1.55. The van der Waals surface area contributed by atoms with E-state index in [0.29, 0.717) is 18.1 Å². The predicted molar refractivity (Wildman–Crippen MR) is 144 cm³/mol. The molecule has 0 spiro atoms. The molecule has 1 amide bonds. The minimum Gasteiger partial charge on any atom is -0.395 e. The molecule has 5 heteroatoms. The van der Waals surface area contributed by atoms with E-state index in [2.05, 4.69) is 22.8 Å². The Morgan fingerprint density at radius 3 is 2.08 bits per heavy atom. The number of fused-ring (bicyclic) bond motifs is 2. The molecule has 6 rings (SSSR count). The number of rotatable bonds is 6. The van der Waals surface area contributed by atoms with Crippen molar-refractivity contribution < 1.29 is 9.90 Å². The lowest BCUT2D eigenvalue weighted by Crippen LogP contribution is -2.43. The van der Waals surface area contributed by atoms with Gasteiger partial charge in [-0.05, 0) is 40.5 Å². The average molecular weight is 493 g/mol. The number of halogens is 1. The van der Waals surface area contributed by atoms with Gasteiger partial charge < -0.3 is 14.6 Å². The third kappa shape index (κ3) is 3.53. The molecule has 0 saturated carbocycles. The first-order valence-corrected chi connectivity index (χ1v) is 12.4. The number of hydrogen-bond acceptors (Lipinski definition) is 2. The number of benzene rings is 4. The Morgan fingerprint density at radius 1 is 0.750 bits per heavy atom. The van der Waals surface area contributed by atoms with Crippen molar-refractivity contribution in [1.82, 2.24) is 4.57 Å². The fourth-order valence-electron chi connectivity index (χ4n) is 5.46. The second-order valence-corrected chi connectivity index (χ2v) is 9.71. The molecule has 0 aliphatic carbocycles. The predicted octanol–water partition coefficient (Wildman–Crippen LogP) is 6.17. The topological polar surface area (TPSA) is 45.5 Å². The summed E-state index contributed by atoms with van der Waals surface area (Å²) in [6.45, 7) is 0.723. The van der Waals surface area contributed by atoms with E-state index >= 15 is 0 Å². The highest BCUT2D eigenvalue weighted by Gasteiger charge is 2.53. The van der Waals surface area contributed by atoms with Crippen molar-refractivity contribution in [3.63, 3.8) is 0 Å². The molecule has 0 radical (unpaired) electrons. The normalized spacial score (nSPS) is 17.1. The molecule has 1 aliphatic rings. The third-order valence-corrected chi connectivity index (χ3v) is 7.42. The van der Waals surface area contributed by atoms with E-state index in [9.17, 15) is 9.90 Å². The zero-order chi connectivity index (χ0) is 24.7. The molecule has 178 valence electrons. The summed E-state index contributed by atoms with van der Waals surface area (Å²) < 4.78 is 2.17. The maximum absolute atomic E-state index is 14.4. The van der Waals surface area contributed by atoms with Gasteiger partial charge in [-0.3, -0.25) is 4.79 Å². The van der Waals surface area contributed by atoms with Crippen molar-refractivity contribution >= 4 is 34.1 Å². The molecule has 0 bridgehead atoms. The molecule has 4 aromatic carbocycles. The minimum absolute atomic E-state index is 0.145. The van der Waals surface area contributed by atoms with Gasteiger partial charge >= 0.3 is 0 Å². The number of aliphatic hydroxyl groups excluding tert-OH is 1. The summed E-state index contributed by atoms with van der Waals surface area (Å²) in [6.07, 6.45) is 2.04. The number of carbonyl (C=O) groups is 1. The van der Waals surface area contributed by atoms with E-state index in [1.807, 2.05) is 85.1 Å². The Kier molecular flexibility index (Phi) is 5.63. The lowest BCUT2D eigenvalue weighted by atomic mass is 9.76. The van der Waals surface area contributed by atoms with Crippen molar-refractivity contribution in [2.45, 2.75) is 18.5 Å². The molecule has 1 aromatic heterocycles. The molecular weight excluding hydrogens is 468 g/mol. The molecule has 5 aromatic rings. The van der Waals surface area contributed by atoms with Gasteiger partial charge in [0, 0.05) is 28.7 Å². The molecule has 1 atom stereocenters. The van der Waals surface area contributed by atoms with Crippen molar-refractivity contribution in [3.8, 4) is 0 Å². The highest BCUT2D eigenvalue weighted by Crippen LogP contribution is 2.49. The summed E-state index contributed by atoms with van der Waals surface area (Å²) in [5.74, 6) is -0.145. The lowest BCUT2D eigenvalue weighted by molar-refractivity contribution is -0.123. The number of hydrogen-bond donors (Lipinski definition) is 1. The maximum Gasteiger partial charge on any atom is 0.244 e. The second kappa shape index (κ2) is 8.98. The van der Waals surface area contributed by atoms with Crippen molar-refractivity contribution in [1.29, 1.82) is 0 Å². The van der Waals surface area contributed by atoms with Gasteiger partial charge in [0.1, 0.15) is 5.41 Å². The van der Waals surface area contributed by atoms with Crippen LogP contribution in [0.4, 0.5) is 5.69 Å². The molecule has 0 unspecified atom stereocenters. The molecule has 0 fully saturated rings. The third-order valence-electron chi connectivity index (χ3n) is 7.19. The molecule has 4 nitrogen and oxygen atoms in total. The summed E-state index contributed by atoms with van der Waals surface area (Å²) >= 11 is 6.41. The van der Waals surface area contributed by atoms with Crippen LogP contribution in [-0.2, 0) is 23.3 Å². The second-order valence-electron chi connectivity index (χ2n) is 9.28. The van der Waals surface area contributed by atoms with Gasteiger partial charge in [0.25, 0.3) is 0 Å². The van der Waals surface area contributed by atoms with Crippen LogP contribution in [0.5, 0.6) is 0 Å². The van der Waals surface area contributed by atoms with Gasteiger partial charge in [0.2, 0.25) is 5.91 Å². The molecule has 2 heterocycles. The summed E-state index contributed by atoms with van der Waals surface area (Å²) in [5.41, 5.74) is 4.30. The fourth-order valence-corrected chi connectivity index (χ4v) is 5.63.